The molecule has 0 aliphatic heterocycles. The van der Waals surface area contributed by atoms with Crippen molar-refractivity contribution in [2.24, 2.45) is 0 Å². The van der Waals surface area contributed by atoms with Gasteiger partial charge in [-0.1, -0.05) is 43.0 Å². The second kappa shape index (κ2) is 9.69. The molecule has 0 bridgehead atoms. The molecule has 5 nitrogen and oxygen atoms in total. The zero-order chi connectivity index (χ0) is 20.9. The highest BCUT2D eigenvalue weighted by Gasteiger charge is 2.21. The number of carbonyl (C=O) groups is 1. The largest absolute Gasteiger partial charge is 0.326 e. The molecule has 1 amide bonds. The molecule has 0 unspecified atom stereocenters. The van der Waals surface area contributed by atoms with E-state index in [-0.39, 0.29) is 28.3 Å². The lowest BCUT2D eigenvalue weighted by molar-refractivity contribution is -0.116. The molecular formula is C21H24ClFN2O3S. The van der Waals surface area contributed by atoms with E-state index in [1.165, 1.54) is 18.2 Å². The topological polar surface area (TPSA) is 75.3 Å². The Hall–Kier alpha value is -1.96. The van der Waals surface area contributed by atoms with Gasteiger partial charge in [-0.3, -0.25) is 4.79 Å². The number of aryl methyl sites for hydroxylation is 1. The Balaban J connectivity index is 1.53. The van der Waals surface area contributed by atoms with Gasteiger partial charge in [-0.05, 0) is 55.2 Å². The van der Waals surface area contributed by atoms with Gasteiger partial charge in [0, 0.05) is 18.2 Å². The first-order chi connectivity index (χ1) is 13.8. The first-order valence-corrected chi connectivity index (χ1v) is 11.6. The molecular weight excluding hydrogens is 415 g/mol. The van der Waals surface area contributed by atoms with Crippen LogP contribution in [0.4, 0.5) is 10.1 Å². The maximum Gasteiger partial charge on any atom is 0.240 e. The van der Waals surface area contributed by atoms with Crippen LogP contribution >= 0.6 is 11.6 Å². The van der Waals surface area contributed by atoms with E-state index in [0.717, 1.165) is 37.7 Å². The van der Waals surface area contributed by atoms with E-state index in [9.17, 15) is 17.6 Å². The highest BCUT2D eigenvalue weighted by atomic mass is 35.5. The van der Waals surface area contributed by atoms with E-state index in [2.05, 4.69) is 10.0 Å². The summed E-state index contributed by atoms with van der Waals surface area (Å²) in [6, 6.07) is 10.6. The number of rotatable bonds is 7. The van der Waals surface area contributed by atoms with Gasteiger partial charge in [-0.2, -0.15) is 0 Å². The fraction of sp³-hybridized carbons (Fsp3) is 0.381. The molecule has 1 aliphatic carbocycles. The highest BCUT2D eigenvalue weighted by molar-refractivity contribution is 7.89. The van der Waals surface area contributed by atoms with Crippen molar-refractivity contribution in [3.05, 3.63) is 58.9 Å². The van der Waals surface area contributed by atoms with Crippen molar-refractivity contribution in [2.45, 2.75) is 55.9 Å². The summed E-state index contributed by atoms with van der Waals surface area (Å²) in [4.78, 5) is 12.3. The summed E-state index contributed by atoms with van der Waals surface area (Å²) < 4.78 is 41.0. The van der Waals surface area contributed by atoms with Crippen molar-refractivity contribution < 1.29 is 17.6 Å². The monoisotopic (exact) mass is 438 g/mol. The lowest BCUT2D eigenvalue weighted by Gasteiger charge is -2.22. The van der Waals surface area contributed by atoms with Crippen LogP contribution < -0.4 is 10.0 Å². The van der Waals surface area contributed by atoms with Crippen LogP contribution in [0.25, 0.3) is 0 Å². The summed E-state index contributed by atoms with van der Waals surface area (Å²) >= 11 is 5.70. The van der Waals surface area contributed by atoms with Gasteiger partial charge < -0.3 is 5.32 Å². The second-order valence-electron chi connectivity index (χ2n) is 7.28. The third kappa shape index (κ3) is 6.26. The number of amides is 1. The van der Waals surface area contributed by atoms with E-state index in [1.807, 2.05) is 0 Å². The first-order valence-electron chi connectivity index (χ1n) is 9.70. The summed E-state index contributed by atoms with van der Waals surface area (Å²) in [6.07, 6.45) is 5.70. The second-order valence-corrected chi connectivity index (χ2v) is 9.40. The predicted octanol–water partition coefficient (Wildman–Crippen LogP) is 4.66. The molecule has 0 saturated heterocycles. The van der Waals surface area contributed by atoms with Gasteiger partial charge in [0.15, 0.2) is 0 Å². The zero-order valence-electron chi connectivity index (χ0n) is 16.0. The molecule has 0 radical (unpaired) electrons. The lowest BCUT2D eigenvalue weighted by Crippen LogP contribution is -2.36. The van der Waals surface area contributed by atoms with Crippen LogP contribution in [0.1, 0.15) is 44.1 Å². The maximum absolute atomic E-state index is 13.2. The number of hydrogen-bond donors (Lipinski definition) is 2. The van der Waals surface area contributed by atoms with Gasteiger partial charge >= 0.3 is 0 Å². The number of carbonyl (C=O) groups excluding carboxylic acids is 1. The molecule has 2 aromatic carbocycles. The standard InChI is InChI=1S/C21H24ClFN2O3S/c22-19-14-17(9-12-20(19)23)24-21(26)13-8-15-6-10-18(11-7-15)29(27,28)25-16-4-2-1-3-5-16/h6-7,9-12,14,16,25H,1-5,8,13H2,(H,24,26). The molecule has 0 heterocycles. The molecule has 1 fully saturated rings. The van der Waals surface area contributed by atoms with E-state index >= 15 is 0 Å². The number of hydrogen-bond acceptors (Lipinski definition) is 3. The highest BCUT2D eigenvalue weighted by Crippen LogP contribution is 2.21. The number of nitrogens with one attached hydrogen (secondary N) is 2. The fourth-order valence-corrected chi connectivity index (χ4v) is 4.88. The van der Waals surface area contributed by atoms with Crippen LogP contribution in [0, 0.1) is 5.82 Å². The first kappa shape index (κ1) is 21.7. The number of benzene rings is 2. The molecule has 1 aliphatic rings. The van der Waals surface area contributed by atoms with Gasteiger partial charge in [-0.25, -0.2) is 17.5 Å². The molecule has 1 saturated carbocycles. The molecule has 2 aromatic rings. The van der Waals surface area contributed by atoms with E-state index in [4.69, 9.17) is 11.6 Å². The Bertz CT molecular complexity index is 958. The Morgan fingerprint density at radius 2 is 1.76 bits per heavy atom. The Morgan fingerprint density at radius 3 is 2.41 bits per heavy atom. The molecule has 0 aromatic heterocycles. The van der Waals surface area contributed by atoms with Crippen molar-refractivity contribution in [3.63, 3.8) is 0 Å². The average molecular weight is 439 g/mol. The SMILES string of the molecule is O=C(CCc1ccc(S(=O)(=O)NC2CCCCC2)cc1)Nc1ccc(F)c(Cl)c1. The third-order valence-electron chi connectivity index (χ3n) is 5.00. The van der Waals surface area contributed by atoms with Gasteiger partial charge in [-0.15, -0.1) is 0 Å². The fourth-order valence-electron chi connectivity index (χ4n) is 3.40. The molecule has 8 heteroatoms. The molecule has 2 N–H and O–H groups in total. The minimum Gasteiger partial charge on any atom is -0.326 e. The summed E-state index contributed by atoms with van der Waals surface area (Å²) in [6.45, 7) is 0. The van der Waals surface area contributed by atoms with Gasteiger partial charge in [0.05, 0.1) is 9.92 Å². The quantitative estimate of drug-likeness (QED) is 0.660. The lowest BCUT2D eigenvalue weighted by atomic mass is 9.96. The number of anilines is 1. The van der Waals surface area contributed by atoms with Crippen LogP contribution in [0.15, 0.2) is 47.4 Å². The van der Waals surface area contributed by atoms with Crippen molar-refractivity contribution in [2.75, 3.05) is 5.32 Å². The summed E-state index contributed by atoms with van der Waals surface area (Å²) in [5, 5.41) is 2.61. The Kier molecular flexibility index (Phi) is 7.27. The molecule has 0 atom stereocenters. The molecule has 3 rings (SSSR count). The summed E-state index contributed by atoms with van der Waals surface area (Å²) in [5.41, 5.74) is 1.28. The minimum absolute atomic E-state index is 0.0112. The van der Waals surface area contributed by atoms with E-state index in [1.54, 1.807) is 24.3 Å². The van der Waals surface area contributed by atoms with E-state index < -0.39 is 15.8 Å². The van der Waals surface area contributed by atoms with Crippen LogP contribution in [0.5, 0.6) is 0 Å². The van der Waals surface area contributed by atoms with Crippen molar-refractivity contribution in [1.29, 1.82) is 0 Å². The van der Waals surface area contributed by atoms with Crippen LogP contribution in [0.2, 0.25) is 5.02 Å². The normalized spacial score (nSPS) is 15.2. The van der Waals surface area contributed by atoms with Gasteiger partial charge in [0.2, 0.25) is 15.9 Å². The van der Waals surface area contributed by atoms with E-state index in [0.29, 0.717) is 12.1 Å². The maximum atomic E-state index is 13.2. The molecule has 0 spiro atoms. The summed E-state index contributed by atoms with van der Waals surface area (Å²) in [5.74, 6) is -0.777. The van der Waals surface area contributed by atoms with Gasteiger partial charge in [0.1, 0.15) is 5.82 Å². The smallest absolute Gasteiger partial charge is 0.240 e. The number of sulfonamides is 1. The molecule has 156 valence electrons. The van der Waals surface area contributed by atoms with Crippen molar-refractivity contribution in [3.8, 4) is 0 Å². The summed E-state index contributed by atoms with van der Waals surface area (Å²) in [7, 11) is -3.53. The Labute approximate surface area is 175 Å². The van der Waals surface area contributed by atoms with Crippen molar-refractivity contribution >= 4 is 33.2 Å². The van der Waals surface area contributed by atoms with Gasteiger partial charge in [0.25, 0.3) is 0 Å². The average Bonchev–Trinajstić information content (AvgIpc) is 2.70. The van der Waals surface area contributed by atoms with Crippen molar-refractivity contribution in [1.82, 2.24) is 4.72 Å². The minimum atomic E-state index is -3.53. The van der Waals surface area contributed by atoms with Crippen LogP contribution in [-0.4, -0.2) is 20.4 Å². The van der Waals surface area contributed by atoms with Crippen LogP contribution in [0.3, 0.4) is 0 Å². The Morgan fingerprint density at radius 1 is 1.07 bits per heavy atom. The van der Waals surface area contributed by atoms with Crippen LogP contribution in [-0.2, 0) is 21.2 Å². The zero-order valence-corrected chi connectivity index (χ0v) is 17.5. The molecule has 29 heavy (non-hydrogen) atoms. The predicted molar refractivity (Wildman–Crippen MR) is 112 cm³/mol. The number of halogens is 2. The third-order valence-corrected chi connectivity index (χ3v) is 6.83.